The van der Waals surface area contributed by atoms with E-state index in [0.717, 1.165) is 34.2 Å². The van der Waals surface area contributed by atoms with Gasteiger partial charge in [0.2, 0.25) is 12.7 Å². The van der Waals surface area contributed by atoms with E-state index in [2.05, 4.69) is 26.6 Å². The number of H-pyrrole nitrogens is 1. The summed E-state index contributed by atoms with van der Waals surface area (Å²) in [5.74, 6) is 3.51. The highest BCUT2D eigenvalue weighted by Crippen LogP contribution is 2.40. The summed E-state index contributed by atoms with van der Waals surface area (Å²) in [7, 11) is 0. The molecule has 0 saturated heterocycles. The Morgan fingerprint density at radius 1 is 1.11 bits per heavy atom. The molecule has 27 heavy (non-hydrogen) atoms. The molecule has 0 bridgehead atoms. The number of hydrogen-bond donors (Lipinski definition) is 2. The van der Waals surface area contributed by atoms with Gasteiger partial charge in [-0.3, -0.25) is 9.50 Å². The molecule has 1 aliphatic heterocycles. The summed E-state index contributed by atoms with van der Waals surface area (Å²) in [5, 5.41) is 10.8. The summed E-state index contributed by atoms with van der Waals surface area (Å²) in [6.45, 7) is 0.251. The molecule has 8 nitrogen and oxygen atoms in total. The summed E-state index contributed by atoms with van der Waals surface area (Å²) >= 11 is 0. The fraction of sp³-hybridized carbons (Fsp3) is 0.211. The Morgan fingerprint density at radius 3 is 2.96 bits per heavy atom. The molecule has 1 aliphatic carbocycles. The number of fused-ring (bicyclic) bond motifs is 2. The van der Waals surface area contributed by atoms with Crippen molar-refractivity contribution in [2.45, 2.75) is 18.8 Å². The van der Waals surface area contributed by atoms with Gasteiger partial charge in [0.05, 0.1) is 5.69 Å². The lowest BCUT2D eigenvalue weighted by atomic mass is 10.1. The van der Waals surface area contributed by atoms with Crippen LogP contribution in [-0.2, 0) is 0 Å². The Balaban J connectivity index is 1.41. The van der Waals surface area contributed by atoms with Crippen molar-refractivity contribution in [2.75, 3.05) is 12.1 Å². The summed E-state index contributed by atoms with van der Waals surface area (Å²) in [6, 6.07) is 9.81. The van der Waals surface area contributed by atoms with E-state index in [4.69, 9.17) is 14.5 Å². The van der Waals surface area contributed by atoms with Gasteiger partial charge < -0.3 is 14.8 Å². The SMILES string of the molecule is c1cn2c(Nc3cc(C4CC4)[nH]n3)nc(-c3ccc4c(c3)OCO4)cc2n1. The molecular formula is C19H16N6O2. The molecule has 6 rings (SSSR count). The van der Waals surface area contributed by atoms with Crippen molar-refractivity contribution in [3.8, 4) is 22.8 Å². The number of anilines is 2. The van der Waals surface area contributed by atoms with Crippen molar-refractivity contribution >= 4 is 17.4 Å². The number of ether oxygens (including phenoxy) is 2. The Bertz CT molecular complexity index is 1160. The highest BCUT2D eigenvalue weighted by Gasteiger charge is 2.25. The number of aromatic amines is 1. The second-order valence-electron chi connectivity index (χ2n) is 6.80. The van der Waals surface area contributed by atoms with E-state index in [1.165, 1.54) is 18.5 Å². The van der Waals surface area contributed by atoms with Crippen LogP contribution in [-0.4, -0.2) is 31.4 Å². The van der Waals surface area contributed by atoms with Gasteiger partial charge in [0.15, 0.2) is 17.3 Å². The van der Waals surface area contributed by atoms with Gasteiger partial charge in [-0.05, 0) is 31.0 Å². The largest absolute Gasteiger partial charge is 0.454 e. The van der Waals surface area contributed by atoms with Crippen LogP contribution in [0.15, 0.2) is 42.7 Å². The van der Waals surface area contributed by atoms with Crippen molar-refractivity contribution in [3.05, 3.63) is 48.4 Å². The fourth-order valence-corrected chi connectivity index (χ4v) is 3.33. The molecule has 1 fully saturated rings. The van der Waals surface area contributed by atoms with Gasteiger partial charge in [-0.25, -0.2) is 9.97 Å². The first kappa shape index (κ1) is 14.6. The molecule has 1 saturated carbocycles. The third kappa shape index (κ3) is 2.49. The zero-order chi connectivity index (χ0) is 17.8. The number of nitrogens with zero attached hydrogens (tertiary/aromatic N) is 4. The summed E-state index contributed by atoms with van der Waals surface area (Å²) < 4.78 is 12.8. The van der Waals surface area contributed by atoms with E-state index >= 15 is 0 Å². The maximum absolute atomic E-state index is 5.49. The van der Waals surface area contributed by atoms with Crippen molar-refractivity contribution in [1.29, 1.82) is 0 Å². The minimum Gasteiger partial charge on any atom is -0.454 e. The van der Waals surface area contributed by atoms with E-state index in [1.54, 1.807) is 6.20 Å². The minimum absolute atomic E-state index is 0.251. The molecule has 2 N–H and O–H groups in total. The average Bonchev–Trinajstić information content (AvgIpc) is 3.10. The van der Waals surface area contributed by atoms with Crippen LogP contribution in [0.4, 0.5) is 11.8 Å². The Kier molecular flexibility index (Phi) is 2.96. The first-order valence-electron chi connectivity index (χ1n) is 8.90. The molecule has 0 spiro atoms. The van der Waals surface area contributed by atoms with Gasteiger partial charge in [0.25, 0.3) is 0 Å². The van der Waals surface area contributed by atoms with Crippen molar-refractivity contribution in [1.82, 2.24) is 24.6 Å². The number of imidazole rings is 1. The lowest BCUT2D eigenvalue weighted by molar-refractivity contribution is 0.174. The van der Waals surface area contributed by atoms with Crippen LogP contribution in [0.5, 0.6) is 11.5 Å². The van der Waals surface area contributed by atoms with Crippen LogP contribution in [0, 0.1) is 0 Å². The lowest BCUT2D eigenvalue weighted by Gasteiger charge is -2.09. The first-order chi connectivity index (χ1) is 13.3. The van der Waals surface area contributed by atoms with Gasteiger partial charge in [0, 0.05) is 41.7 Å². The Morgan fingerprint density at radius 2 is 2.04 bits per heavy atom. The average molecular weight is 360 g/mol. The second-order valence-corrected chi connectivity index (χ2v) is 6.80. The third-order valence-electron chi connectivity index (χ3n) is 4.91. The van der Waals surface area contributed by atoms with E-state index in [0.29, 0.717) is 11.9 Å². The number of benzene rings is 1. The van der Waals surface area contributed by atoms with Crippen LogP contribution in [0.2, 0.25) is 0 Å². The summed E-state index contributed by atoms with van der Waals surface area (Å²) in [5.41, 5.74) is 3.71. The van der Waals surface area contributed by atoms with Crippen LogP contribution in [0.3, 0.4) is 0 Å². The molecular weight excluding hydrogens is 344 g/mol. The Labute approximate surface area is 154 Å². The van der Waals surface area contributed by atoms with Gasteiger partial charge in [-0.1, -0.05) is 0 Å². The molecule has 8 heteroatoms. The van der Waals surface area contributed by atoms with E-state index in [-0.39, 0.29) is 6.79 Å². The predicted octanol–water partition coefficient (Wildman–Crippen LogP) is 3.47. The molecule has 2 aliphatic rings. The van der Waals surface area contributed by atoms with Gasteiger partial charge in [-0.2, -0.15) is 5.10 Å². The highest BCUT2D eigenvalue weighted by atomic mass is 16.7. The third-order valence-corrected chi connectivity index (χ3v) is 4.91. The fourth-order valence-electron chi connectivity index (χ4n) is 3.33. The molecule has 0 amide bonds. The molecule has 0 unspecified atom stereocenters. The zero-order valence-corrected chi connectivity index (χ0v) is 14.3. The number of aromatic nitrogens is 5. The van der Waals surface area contributed by atoms with Crippen LogP contribution in [0.1, 0.15) is 24.5 Å². The maximum atomic E-state index is 5.49. The van der Waals surface area contributed by atoms with Crippen molar-refractivity contribution < 1.29 is 9.47 Å². The van der Waals surface area contributed by atoms with Crippen LogP contribution < -0.4 is 14.8 Å². The Hall–Kier alpha value is -3.55. The van der Waals surface area contributed by atoms with Crippen molar-refractivity contribution in [3.63, 3.8) is 0 Å². The van der Waals surface area contributed by atoms with E-state index < -0.39 is 0 Å². The molecule has 1 aromatic carbocycles. The minimum atomic E-state index is 0.251. The van der Waals surface area contributed by atoms with Crippen LogP contribution in [0.25, 0.3) is 16.9 Å². The molecule has 0 radical (unpaired) electrons. The molecule has 4 aromatic rings. The smallest absolute Gasteiger partial charge is 0.231 e. The second kappa shape index (κ2) is 5.47. The lowest BCUT2D eigenvalue weighted by Crippen LogP contribution is -2.02. The maximum Gasteiger partial charge on any atom is 0.231 e. The molecule has 134 valence electrons. The van der Waals surface area contributed by atoms with E-state index in [9.17, 15) is 0 Å². The quantitative estimate of drug-likeness (QED) is 0.579. The predicted molar refractivity (Wildman–Crippen MR) is 98.4 cm³/mol. The standard InChI is InChI=1S/C19H16N6O2/c1-2-11(1)14-8-17(24-23-14)22-19-21-13(9-18-20-5-6-25(18)19)12-3-4-15-16(7-12)27-10-26-15/h3-9,11H,1-2,10H2,(H2,21,22,23,24). The number of nitrogens with one attached hydrogen (secondary N) is 2. The van der Waals surface area contributed by atoms with Gasteiger partial charge in [0.1, 0.15) is 5.65 Å². The van der Waals surface area contributed by atoms with Crippen molar-refractivity contribution in [2.24, 2.45) is 0 Å². The summed E-state index contributed by atoms with van der Waals surface area (Å²) in [6.07, 6.45) is 6.09. The highest BCUT2D eigenvalue weighted by molar-refractivity contribution is 5.70. The van der Waals surface area contributed by atoms with Gasteiger partial charge >= 0.3 is 0 Å². The first-order valence-corrected chi connectivity index (χ1v) is 8.90. The van der Waals surface area contributed by atoms with E-state index in [1.807, 2.05) is 34.9 Å². The van der Waals surface area contributed by atoms with Gasteiger partial charge in [-0.15, -0.1) is 0 Å². The monoisotopic (exact) mass is 360 g/mol. The van der Waals surface area contributed by atoms with Crippen LogP contribution >= 0.6 is 0 Å². The number of hydrogen-bond acceptors (Lipinski definition) is 6. The summed E-state index contributed by atoms with van der Waals surface area (Å²) in [4.78, 5) is 9.22. The number of rotatable bonds is 4. The molecule has 0 atom stereocenters. The topological polar surface area (TPSA) is 89.4 Å². The molecule has 3 aromatic heterocycles. The molecule has 4 heterocycles. The normalized spacial score (nSPS) is 15.4. The zero-order valence-electron chi connectivity index (χ0n) is 14.3.